The van der Waals surface area contributed by atoms with Crippen LogP contribution in [0.4, 0.5) is 28.8 Å². The van der Waals surface area contributed by atoms with E-state index in [9.17, 15) is 9.47 Å². The van der Waals surface area contributed by atoms with Gasteiger partial charge in [0.2, 0.25) is 5.95 Å². The molecule has 2 aromatic carbocycles. The van der Waals surface area contributed by atoms with Crippen molar-refractivity contribution in [3.63, 3.8) is 0 Å². The summed E-state index contributed by atoms with van der Waals surface area (Å²) >= 11 is 0. The van der Waals surface area contributed by atoms with Crippen LogP contribution in [0.1, 0.15) is 22.3 Å². The first-order valence-electron chi connectivity index (χ1n) is 11.2. The fraction of sp³-hybridized carbons (Fsp3) is 0.320. The standard InChI is InChI=1S/C25H27N7OS/c1-31-11-9-17-7-8-20(13-18(17)16-31)28-25-27-15-19(14-26)24(29-25)32-12-10-21-22(30-34(2,3)33)5-4-6-23(21)32/h4-8,13,15H,9-12,16H2,1-3H3,(H,27,28,29). The van der Waals surface area contributed by atoms with E-state index in [0.29, 0.717) is 23.9 Å². The lowest BCUT2D eigenvalue weighted by Crippen LogP contribution is -2.26. The number of nitrogens with zero attached hydrogens (tertiary/aromatic N) is 6. The van der Waals surface area contributed by atoms with Gasteiger partial charge in [-0.05, 0) is 55.3 Å². The zero-order valence-corrected chi connectivity index (χ0v) is 20.4. The van der Waals surface area contributed by atoms with E-state index in [0.717, 1.165) is 48.6 Å². The molecule has 8 nitrogen and oxygen atoms in total. The predicted octanol–water partition coefficient (Wildman–Crippen LogP) is 4.13. The van der Waals surface area contributed by atoms with Crippen LogP contribution >= 0.6 is 0 Å². The Morgan fingerprint density at radius 2 is 2.00 bits per heavy atom. The highest BCUT2D eigenvalue weighted by atomic mass is 32.2. The molecule has 9 heteroatoms. The quantitative estimate of drug-likeness (QED) is 0.608. The minimum atomic E-state index is -2.28. The molecule has 5 rings (SSSR count). The van der Waals surface area contributed by atoms with Gasteiger partial charge in [-0.15, -0.1) is 0 Å². The van der Waals surface area contributed by atoms with Crippen LogP contribution in [0.25, 0.3) is 0 Å². The number of benzene rings is 2. The number of aromatic nitrogens is 2. The van der Waals surface area contributed by atoms with Crippen LogP contribution in [0, 0.1) is 11.3 Å². The van der Waals surface area contributed by atoms with Gasteiger partial charge in [0, 0.05) is 58.8 Å². The number of hydrogen-bond donors (Lipinski definition) is 1. The largest absolute Gasteiger partial charge is 0.324 e. The number of rotatable bonds is 4. The number of hydrogen-bond acceptors (Lipinski definition) is 8. The summed E-state index contributed by atoms with van der Waals surface area (Å²) in [6.45, 7) is 2.65. The summed E-state index contributed by atoms with van der Waals surface area (Å²) in [6, 6.07) is 14.4. The Morgan fingerprint density at radius 3 is 2.79 bits per heavy atom. The molecule has 0 atom stereocenters. The second kappa shape index (κ2) is 8.70. The van der Waals surface area contributed by atoms with Crippen molar-refractivity contribution in [1.29, 1.82) is 5.26 Å². The van der Waals surface area contributed by atoms with E-state index in [1.54, 1.807) is 18.7 Å². The van der Waals surface area contributed by atoms with E-state index in [2.05, 4.69) is 50.9 Å². The first kappa shape index (κ1) is 22.3. The van der Waals surface area contributed by atoms with Crippen molar-refractivity contribution in [3.05, 3.63) is 64.8 Å². The molecule has 0 aliphatic carbocycles. The summed E-state index contributed by atoms with van der Waals surface area (Å²) in [5, 5.41) is 13.1. The highest BCUT2D eigenvalue weighted by Crippen LogP contribution is 2.40. The Hall–Kier alpha value is -3.48. The lowest BCUT2D eigenvalue weighted by atomic mass is 9.99. The molecule has 2 aliphatic rings. The van der Waals surface area contributed by atoms with Crippen molar-refractivity contribution in [2.75, 3.05) is 42.9 Å². The van der Waals surface area contributed by atoms with Crippen LogP contribution in [-0.2, 0) is 29.1 Å². The predicted molar refractivity (Wildman–Crippen MR) is 136 cm³/mol. The van der Waals surface area contributed by atoms with Crippen LogP contribution < -0.4 is 10.2 Å². The Morgan fingerprint density at radius 1 is 1.15 bits per heavy atom. The SMILES string of the molecule is CN1CCc2ccc(Nc3ncc(C#N)c(N4CCc5c(N=S(C)(C)=O)cccc54)n3)cc2C1. The van der Waals surface area contributed by atoms with E-state index >= 15 is 0 Å². The Kier molecular flexibility index (Phi) is 5.71. The van der Waals surface area contributed by atoms with Gasteiger partial charge >= 0.3 is 0 Å². The Bertz CT molecular complexity index is 1430. The number of nitrogens with one attached hydrogen (secondary N) is 1. The molecule has 3 heterocycles. The number of nitriles is 1. The molecule has 3 aromatic rings. The van der Waals surface area contributed by atoms with Crippen molar-refractivity contribution in [3.8, 4) is 6.07 Å². The molecule has 1 aromatic heterocycles. The average molecular weight is 474 g/mol. The van der Waals surface area contributed by atoms with Crippen molar-refractivity contribution in [2.45, 2.75) is 19.4 Å². The van der Waals surface area contributed by atoms with Crippen LogP contribution in [0.3, 0.4) is 0 Å². The molecule has 0 saturated heterocycles. The van der Waals surface area contributed by atoms with Crippen molar-refractivity contribution in [2.24, 2.45) is 4.36 Å². The fourth-order valence-corrected chi connectivity index (χ4v) is 5.23. The first-order chi connectivity index (χ1) is 16.3. The molecule has 0 bridgehead atoms. The monoisotopic (exact) mass is 473 g/mol. The highest BCUT2D eigenvalue weighted by Gasteiger charge is 2.26. The maximum absolute atomic E-state index is 12.3. The molecule has 2 aliphatic heterocycles. The van der Waals surface area contributed by atoms with Crippen molar-refractivity contribution < 1.29 is 4.21 Å². The Balaban J connectivity index is 1.49. The molecular weight excluding hydrogens is 446 g/mol. The summed E-state index contributed by atoms with van der Waals surface area (Å²) in [6.07, 6.45) is 6.62. The number of likely N-dealkylation sites (N-methyl/N-ethyl adjacent to an activating group) is 1. The topological polar surface area (TPSA) is 97.5 Å². The number of anilines is 4. The number of fused-ring (bicyclic) bond motifs is 2. The van der Waals surface area contributed by atoms with Gasteiger partial charge in [0.25, 0.3) is 0 Å². The summed E-state index contributed by atoms with van der Waals surface area (Å²) in [5.74, 6) is 1.000. The lowest BCUT2D eigenvalue weighted by Gasteiger charge is -2.25. The second-order valence-electron chi connectivity index (χ2n) is 9.09. The van der Waals surface area contributed by atoms with Crippen LogP contribution in [0.2, 0.25) is 0 Å². The maximum Gasteiger partial charge on any atom is 0.229 e. The normalized spacial score (nSPS) is 15.4. The summed E-state index contributed by atoms with van der Waals surface area (Å²) in [5.41, 5.74) is 6.71. The van der Waals surface area contributed by atoms with E-state index < -0.39 is 9.73 Å². The van der Waals surface area contributed by atoms with Gasteiger partial charge in [0.1, 0.15) is 11.6 Å². The third-order valence-electron chi connectivity index (χ3n) is 6.13. The third kappa shape index (κ3) is 4.47. The molecule has 0 fully saturated rings. The molecule has 1 N–H and O–H groups in total. The van der Waals surface area contributed by atoms with Gasteiger partial charge in [-0.2, -0.15) is 14.6 Å². The van der Waals surface area contributed by atoms with Gasteiger partial charge in [0.15, 0.2) is 5.82 Å². The average Bonchev–Trinajstić information content (AvgIpc) is 3.23. The molecular formula is C25H27N7OS. The molecule has 0 amide bonds. The maximum atomic E-state index is 12.3. The van der Waals surface area contributed by atoms with Gasteiger partial charge in [-0.25, -0.2) is 9.19 Å². The minimum absolute atomic E-state index is 0.405. The minimum Gasteiger partial charge on any atom is -0.324 e. The molecule has 174 valence electrons. The third-order valence-corrected chi connectivity index (χ3v) is 6.77. The van der Waals surface area contributed by atoms with E-state index in [1.807, 2.05) is 23.1 Å². The van der Waals surface area contributed by atoms with Crippen LogP contribution in [0.15, 0.2) is 47.0 Å². The molecule has 34 heavy (non-hydrogen) atoms. The van der Waals surface area contributed by atoms with Crippen LogP contribution in [-0.4, -0.2) is 51.7 Å². The zero-order chi connectivity index (χ0) is 23.9. The Labute approximate surface area is 200 Å². The molecule has 0 unspecified atom stereocenters. The molecule has 0 saturated carbocycles. The van der Waals surface area contributed by atoms with Crippen molar-refractivity contribution >= 4 is 38.6 Å². The van der Waals surface area contributed by atoms with E-state index in [4.69, 9.17) is 4.98 Å². The highest BCUT2D eigenvalue weighted by molar-refractivity contribution is 7.92. The van der Waals surface area contributed by atoms with Gasteiger partial charge < -0.3 is 15.1 Å². The van der Waals surface area contributed by atoms with Gasteiger partial charge in [0.05, 0.1) is 11.9 Å². The second-order valence-corrected chi connectivity index (χ2v) is 11.6. The van der Waals surface area contributed by atoms with E-state index in [-0.39, 0.29) is 0 Å². The first-order valence-corrected chi connectivity index (χ1v) is 13.5. The molecule has 0 spiro atoms. The zero-order valence-electron chi connectivity index (χ0n) is 19.6. The van der Waals surface area contributed by atoms with Crippen LogP contribution in [0.5, 0.6) is 0 Å². The van der Waals surface area contributed by atoms with Gasteiger partial charge in [-0.3, -0.25) is 0 Å². The lowest BCUT2D eigenvalue weighted by molar-refractivity contribution is 0.313. The smallest absolute Gasteiger partial charge is 0.229 e. The van der Waals surface area contributed by atoms with Gasteiger partial charge in [-0.1, -0.05) is 12.1 Å². The fourth-order valence-electron chi connectivity index (χ4n) is 4.58. The van der Waals surface area contributed by atoms with E-state index in [1.165, 1.54) is 11.1 Å². The summed E-state index contributed by atoms with van der Waals surface area (Å²) < 4.78 is 16.7. The van der Waals surface area contributed by atoms with Crippen molar-refractivity contribution in [1.82, 2.24) is 14.9 Å². The summed E-state index contributed by atoms with van der Waals surface area (Å²) in [4.78, 5) is 13.5. The summed E-state index contributed by atoms with van der Waals surface area (Å²) in [7, 11) is -0.150. The molecule has 0 radical (unpaired) electrons.